The molecule has 2 aliphatic rings. The molecule has 0 atom stereocenters. The molecular formula is C23H26FN5O. The van der Waals surface area contributed by atoms with Crippen molar-refractivity contribution in [2.24, 2.45) is 0 Å². The van der Waals surface area contributed by atoms with Crippen molar-refractivity contribution in [1.82, 2.24) is 19.9 Å². The lowest BCUT2D eigenvalue weighted by molar-refractivity contribution is 0.0956. The van der Waals surface area contributed by atoms with Crippen LogP contribution in [0.1, 0.15) is 54.6 Å². The summed E-state index contributed by atoms with van der Waals surface area (Å²) in [5, 5.41) is 7.89. The minimum atomic E-state index is -0.151. The van der Waals surface area contributed by atoms with E-state index in [-0.39, 0.29) is 11.6 Å². The lowest BCUT2D eigenvalue weighted by Gasteiger charge is -2.30. The molecule has 0 radical (unpaired) electrons. The Morgan fingerprint density at radius 2 is 1.93 bits per heavy atom. The molecule has 0 bridgehead atoms. The van der Waals surface area contributed by atoms with E-state index >= 15 is 0 Å². The van der Waals surface area contributed by atoms with Gasteiger partial charge in [-0.25, -0.2) is 9.37 Å². The molecular weight excluding hydrogens is 381 g/mol. The Morgan fingerprint density at radius 1 is 1.13 bits per heavy atom. The van der Waals surface area contributed by atoms with E-state index in [4.69, 9.17) is 4.98 Å². The van der Waals surface area contributed by atoms with Crippen molar-refractivity contribution in [1.29, 1.82) is 0 Å². The van der Waals surface area contributed by atoms with Crippen LogP contribution in [0.2, 0.25) is 0 Å². The minimum Gasteiger partial charge on any atom is -0.351 e. The number of nitrogens with one attached hydrogen (secondary N) is 2. The quantitative estimate of drug-likeness (QED) is 0.667. The van der Waals surface area contributed by atoms with Crippen LogP contribution in [0.5, 0.6) is 0 Å². The Bertz CT molecular complexity index is 1070. The van der Waals surface area contributed by atoms with Gasteiger partial charge >= 0.3 is 0 Å². The number of hydrogen-bond acceptors (Lipinski definition) is 5. The maximum atomic E-state index is 13.8. The zero-order chi connectivity index (χ0) is 20.5. The van der Waals surface area contributed by atoms with Crippen LogP contribution < -0.4 is 10.6 Å². The molecule has 0 unspecified atom stereocenters. The molecule has 1 saturated carbocycles. The highest BCUT2D eigenvalue weighted by Gasteiger charge is 2.23. The Balaban J connectivity index is 1.19. The fourth-order valence-corrected chi connectivity index (χ4v) is 4.61. The van der Waals surface area contributed by atoms with Gasteiger partial charge in [0.25, 0.3) is 0 Å². The Morgan fingerprint density at radius 3 is 2.77 bits per heavy atom. The van der Waals surface area contributed by atoms with Gasteiger partial charge < -0.3 is 15.2 Å². The second-order valence-corrected chi connectivity index (χ2v) is 8.35. The van der Waals surface area contributed by atoms with Gasteiger partial charge in [0.2, 0.25) is 5.95 Å². The number of halogens is 1. The third-order valence-corrected chi connectivity index (χ3v) is 6.31. The molecule has 0 saturated heterocycles. The number of rotatable bonds is 5. The van der Waals surface area contributed by atoms with Crippen LogP contribution in [-0.4, -0.2) is 32.4 Å². The van der Waals surface area contributed by atoms with Crippen LogP contribution in [0.3, 0.4) is 0 Å². The fourth-order valence-electron chi connectivity index (χ4n) is 4.61. The molecule has 0 spiro atoms. The third kappa shape index (κ3) is 3.81. The summed E-state index contributed by atoms with van der Waals surface area (Å²) in [5.41, 5.74) is 2.31. The number of anilines is 1. The van der Waals surface area contributed by atoms with Gasteiger partial charge in [-0.2, -0.15) is 4.98 Å². The van der Waals surface area contributed by atoms with E-state index < -0.39 is 0 Å². The maximum Gasteiger partial charge on any atom is 0.224 e. The first kappa shape index (κ1) is 19.2. The molecule has 1 aromatic carbocycles. The van der Waals surface area contributed by atoms with Crippen molar-refractivity contribution in [3.05, 3.63) is 53.6 Å². The van der Waals surface area contributed by atoms with E-state index in [1.807, 2.05) is 29.0 Å². The Labute approximate surface area is 174 Å². The van der Waals surface area contributed by atoms with Crippen LogP contribution in [0.4, 0.5) is 10.3 Å². The van der Waals surface area contributed by atoms with Gasteiger partial charge in [0.15, 0.2) is 5.78 Å². The number of carbonyl (C=O) groups excluding carboxylic acids is 1. The summed E-state index contributed by atoms with van der Waals surface area (Å²) in [6.45, 7) is 1.40. The summed E-state index contributed by atoms with van der Waals surface area (Å²) in [4.78, 5) is 21.3. The first-order chi connectivity index (χ1) is 14.7. The molecule has 6 nitrogen and oxygen atoms in total. The van der Waals surface area contributed by atoms with E-state index in [0.717, 1.165) is 55.4 Å². The molecule has 156 valence electrons. The molecule has 7 heteroatoms. The monoisotopic (exact) mass is 407 g/mol. The number of fused-ring (bicyclic) bond motifs is 3. The highest BCUT2D eigenvalue weighted by Crippen LogP contribution is 2.26. The van der Waals surface area contributed by atoms with Crippen molar-refractivity contribution in [2.75, 3.05) is 5.32 Å². The van der Waals surface area contributed by atoms with Gasteiger partial charge in [-0.3, -0.25) is 4.79 Å². The van der Waals surface area contributed by atoms with Crippen LogP contribution in [0.15, 0.2) is 36.5 Å². The number of nitrogens with zero attached hydrogens (tertiary/aromatic N) is 3. The lowest BCUT2D eigenvalue weighted by Crippen LogP contribution is -2.37. The summed E-state index contributed by atoms with van der Waals surface area (Å²) in [6.07, 6.45) is 7.38. The van der Waals surface area contributed by atoms with Gasteiger partial charge in [0, 0.05) is 48.7 Å². The Hall–Kier alpha value is -2.80. The SMILES string of the molecule is O=C1CCCn2c1cc1cnc(NC3CCC(NCc4ccccc4F)CC3)nc12. The average molecular weight is 407 g/mol. The zero-order valence-corrected chi connectivity index (χ0v) is 16.9. The second-order valence-electron chi connectivity index (χ2n) is 8.35. The van der Waals surface area contributed by atoms with E-state index in [9.17, 15) is 9.18 Å². The predicted octanol–water partition coefficient (Wildman–Crippen LogP) is 4.06. The number of benzene rings is 1. The number of Topliss-reactive ketones (excluding diaryl/α,β-unsaturated/α-hetero) is 1. The summed E-state index contributed by atoms with van der Waals surface area (Å²) >= 11 is 0. The largest absolute Gasteiger partial charge is 0.351 e. The Kier molecular flexibility index (Phi) is 5.21. The summed E-state index contributed by atoms with van der Waals surface area (Å²) in [6, 6.07) is 9.56. The van der Waals surface area contributed by atoms with Gasteiger partial charge in [-0.15, -0.1) is 0 Å². The standard InChI is InChI=1S/C23H26FN5O/c24-19-5-2-1-4-15(19)13-25-17-7-9-18(10-8-17)27-23-26-14-16-12-20-21(30)6-3-11-29(20)22(16)28-23/h1-2,4-5,12,14,17-18,25H,3,6-11,13H2,(H,26,27,28). The molecule has 3 heterocycles. The maximum absolute atomic E-state index is 13.8. The van der Waals surface area contributed by atoms with Gasteiger partial charge in [0.1, 0.15) is 11.5 Å². The normalized spacial score (nSPS) is 21.6. The molecule has 1 fully saturated rings. The highest BCUT2D eigenvalue weighted by atomic mass is 19.1. The molecule has 5 rings (SSSR count). The van der Waals surface area contributed by atoms with E-state index in [1.165, 1.54) is 6.07 Å². The summed E-state index contributed by atoms with van der Waals surface area (Å²) < 4.78 is 15.8. The van der Waals surface area contributed by atoms with Crippen molar-refractivity contribution in [3.63, 3.8) is 0 Å². The van der Waals surface area contributed by atoms with Crippen molar-refractivity contribution >= 4 is 22.8 Å². The van der Waals surface area contributed by atoms with E-state index in [0.29, 0.717) is 36.6 Å². The van der Waals surface area contributed by atoms with E-state index in [2.05, 4.69) is 15.6 Å². The lowest BCUT2D eigenvalue weighted by atomic mass is 9.91. The van der Waals surface area contributed by atoms with Crippen LogP contribution in [-0.2, 0) is 13.1 Å². The van der Waals surface area contributed by atoms with E-state index in [1.54, 1.807) is 6.07 Å². The molecule has 2 aromatic heterocycles. The smallest absolute Gasteiger partial charge is 0.224 e. The number of aryl methyl sites for hydroxylation is 1. The number of ketones is 1. The van der Waals surface area contributed by atoms with Crippen molar-refractivity contribution in [2.45, 2.75) is 63.7 Å². The number of hydrogen-bond donors (Lipinski definition) is 2. The number of carbonyl (C=O) groups is 1. The second kappa shape index (κ2) is 8.14. The van der Waals surface area contributed by atoms with Crippen molar-refractivity contribution in [3.8, 4) is 0 Å². The average Bonchev–Trinajstić information content (AvgIpc) is 3.14. The first-order valence-corrected chi connectivity index (χ1v) is 10.8. The summed E-state index contributed by atoms with van der Waals surface area (Å²) in [7, 11) is 0. The third-order valence-electron chi connectivity index (χ3n) is 6.31. The van der Waals surface area contributed by atoms with Crippen LogP contribution in [0, 0.1) is 5.82 Å². The van der Waals surface area contributed by atoms with Gasteiger partial charge in [0.05, 0.1) is 5.69 Å². The molecule has 2 N–H and O–H groups in total. The van der Waals surface area contributed by atoms with Gasteiger partial charge in [-0.05, 0) is 44.2 Å². The number of aromatic nitrogens is 3. The predicted molar refractivity (Wildman–Crippen MR) is 114 cm³/mol. The summed E-state index contributed by atoms with van der Waals surface area (Å²) in [5.74, 6) is 0.668. The molecule has 3 aromatic rings. The fraction of sp³-hybridized carbons (Fsp3) is 0.435. The van der Waals surface area contributed by atoms with Crippen LogP contribution in [0.25, 0.3) is 11.0 Å². The molecule has 30 heavy (non-hydrogen) atoms. The molecule has 0 amide bonds. The topological polar surface area (TPSA) is 71.8 Å². The van der Waals surface area contributed by atoms with Crippen LogP contribution >= 0.6 is 0 Å². The molecule has 1 aliphatic heterocycles. The zero-order valence-electron chi connectivity index (χ0n) is 16.9. The first-order valence-electron chi connectivity index (χ1n) is 10.8. The minimum absolute atomic E-state index is 0.151. The molecule has 1 aliphatic carbocycles. The van der Waals surface area contributed by atoms with Gasteiger partial charge in [-0.1, -0.05) is 18.2 Å². The van der Waals surface area contributed by atoms with Crippen molar-refractivity contribution < 1.29 is 9.18 Å². The highest BCUT2D eigenvalue weighted by molar-refractivity contribution is 6.00.